The van der Waals surface area contributed by atoms with Gasteiger partial charge in [-0.25, -0.2) is 4.98 Å². The number of benzene rings is 2. The van der Waals surface area contributed by atoms with E-state index in [0.717, 1.165) is 66.1 Å². The molecule has 7 nitrogen and oxygen atoms in total. The van der Waals surface area contributed by atoms with Crippen molar-refractivity contribution >= 4 is 17.2 Å². The lowest BCUT2D eigenvalue weighted by Crippen LogP contribution is -2.45. The van der Waals surface area contributed by atoms with Crippen LogP contribution in [0.2, 0.25) is 0 Å². The molecule has 0 aliphatic carbocycles. The van der Waals surface area contributed by atoms with Gasteiger partial charge in [0.1, 0.15) is 18.1 Å². The highest BCUT2D eigenvalue weighted by Gasteiger charge is 2.14. The van der Waals surface area contributed by atoms with Crippen molar-refractivity contribution in [1.29, 1.82) is 0 Å². The topological polar surface area (TPSA) is 80.9 Å². The van der Waals surface area contributed by atoms with Crippen LogP contribution in [0.1, 0.15) is 34.8 Å². The number of thiazole rings is 1. The Morgan fingerprint density at radius 2 is 1.86 bits per heavy atom. The number of nitrogens with two attached hydrogens (primary N) is 1. The van der Waals surface area contributed by atoms with E-state index < -0.39 is 5.91 Å². The number of carbonyl (C=O) groups is 1. The molecule has 1 amide bonds. The summed E-state index contributed by atoms with van der Waals surface area (Å²) in [5.74, 6) is 1.17. The van der Waals surface area contributed by atoms with E-state index in [1.54, 1.807) is 23.5 Å². The van der Waals surface area contributed by atoms with Gasteiger partial charge in [-0.15, -0.1) is 11.3 Å². The summed E-state index contributed by atoms with van der Waals surface area (Å²) >= 11 is 1.59. The maximum absolute atomic E-state index is 11.7. The van der Waals surface area contributed by atoms with Crippen molar-refractivity contribution in [3.05, 3.63) is 64.0 Å². The summed E-state index contributed by atoms with van der Waals surface area (Å²) in [5.41, 5.74) is 8.82. The third kappa shape index (κ3) is 7.04. The zero-order chi connectivity index (χ0) is 24.8. The molecule has 0 bridgehead atoms. The van der Waals surface area contributed by atoms with Crippen LogP contribution in [0, 0.1) is 0 Å². The lowest BCUT2D eigenvalue weighted by atomic mass is 10.1. The predicted octanol–water partition coefficient (Wildman–Crippen LogP) is 3.91. The fraction of sp³-hybridized carbons (Fsp3) is 0.407. The monoisotopic (exact) mass is 494 g/mol. The molecule has 1 aromatic heterocycles. The van der Waals surface area contributed by atoms with Gasteiger partial charge in [-0.2, -0.15) is 0 Å². The number of likely N-dealkylation sites (N-methyl/N-ethyl adjacent to an activating group) is 1. The van der Waals surface area contributed by atoms with Crippen LogP contribution in [-0.4, -0.2) is 73.2 Å². The van der Waals surface area contributed by atoms with Crippen LogP contribution >= 0.6 is 11.3 Å². The molecule has 2 N–H and O–H groups in total. The highest BCUT2D eigenvalue weighted by molar-refractivity contribution is 7.10. The molecule has 186 valence electrons. The van der Waals surface area contributed by atoms with Crippen molar-refractivity contribution in [2.75, 3.05) is 46.4 Å². The van der Waals surface area contributed by atoms with Crippen molar-refractivity contribution in [2.45, 2.75) is 26.4 Å². The zero-order valence-electron chi connectivity index (χ0n) is 20.7. The lowest BCUT2D eigenvalue weighted by Gasteiger charge is -2.32. The first-order valence-corrected chi connectivity index (χ1v) is 12.9. The number of nitrogens with zero attached hydrogens (tertiary/aromatic N) is 3. The van der Waals surface area contributed by atoms with E-state index in [-0.39, 0.29) is 6.10 Å². The average molecular weight is 495 g/mol. The number of piperazine rings is 1. The molecule has 0 radical (unpaired) electrons. The van der Waals surface area contributed by atoms with Gasteiger partial charge in [0.2, 0.25) is 5.91 Å². The SMILES string of the molecule is CC(C)Oc1ccc(C(N)=O)cc1Cc1nc(-c2ccc(OCCN3CCN(C)CC3)cc2)cs1. The molecule has 2 heterocycles. The maximum atomic E-state index is 11.7. The Balaban J connectivity index is 1.37. The van der Waals surface area contributed by atoms with E-state index in [4.69, 9.17) is 20.2 Å². The van der Waals surface area contributed by atoms with Gasteiger partial charge in [-0.1, -0.05) is 0 Å². The zero-order valence-corrected chi connectivity index (χ0v) is 21.5. The molecule has 3 aromatic rings. The first-order valence-electron chi connectivity index (χ1n) is 12.1. The first-order chi connectivity index (χ1) is 16.9. The molecule has 4 rings (SSSR count). The number of hydrogen-bond acceptors (Lipinski definition) is 7. The number of aromatic nitrogens is 1. The summed E-state index contributed by atoms with van der Waals surface area (Å²) in [6.07, 6.45) is 0.601. The molecule has 1 fully saturated rings. The molecule has 1 aliphatic rings. The normalized spacial score (nSPS) is 14.9. The van der Waals surface area contributed by atoms with Crippen molar-refractivity contribution in [2.24, 2.45) is 5.73 Å². The van der Waals surface area contributed by atoms with Crippen molar-refractivity contribution in [3.8, 4) is 22.8 Å². The standard InChI is InChI=1S/C27H34N4O3S/c1-19(2)34-25-9-6-21(27(28)32)16-22(25)17-26-29-24(18-35-26)20-4-7-23(8-5-20)33-15-14-31-12-10-30(3)11-13-31/h4-9,16,18-19H,10-15,17H2,1-3H3,(H2,28,32). The second-order valence-electron chi connectivity index (χ2n) is 9.17. The Labute approximate surface area is 211 Å². The molecule has 0 unspecified atom stereocenters. The average Bonchev–Trinajstić information content (AvgIpc) is 3.30. The minimum Gasteiger partial charge on any atom is -0.492 e. The number of carbonyl (C=O) groups excluding carboxylic acids is 1. The Morgan fingerprint density at radius 1 is 1.11 bits per heavy atom. The van der Waals surface area contributed by atoms with Gasteiger partial charge >= 0.3 is 0 Å². The number of amides is 1. The van der Waals surface area contributed by atoms with Gasteiger partial charge in [0.05, 0.1) is 16.8 Å². The van der Waals surface area contributed by atoms with E-state index in [1.807, 2.05) is 44.2 Å². The molecule has 0 spiro atoms. The molecule has 1 aliphatic heterocycles. The molecule has 1 saturated heterocycles. The lowest BCUT2D eigenvalue weighted by molar-refractivity contribution is 0.1000. The van der Waals surface area contributed by atoms with Crippen LogP contribution < -0.4 is 15.2 Å². The van der Waals surface area contributed by atoms with E-state index in [0.29, 0.717) is 18.6 Å². The molecule has 2 aromatic carbocycles. The van der Waals surface area contributed by atoms with Crippen LogP contribution in [0.5, 0.6) is 11.5 Å². The quantitative estimate of drug-likeness (QED) is 0.460. The van der Waals surface area contributed by atoms with E-state index in [9.17, 15) is 4.79 Å². The van der Waals surface area contributed by atoms with Gasteiger partial charge in [-0.05, 0) is 63.4 Å². The summed E-state index contributed by atoms with van der Waals surface area (Å²) in [7, 11) is 2.17. The van der Waals surface area contributed by atoms with Crippen LogP contribution in [0.4, 0.5) is 0 Å². The Kier molecular flexibility index (Phi) is 8.38. The van der Waals surface area contributed by atoms with Gasteiger partial charge < -0.3 is 20.1 Å². The fourth-order valence-corrected chi connectivity index (χ4v) is 4.84. The minimum absolute atomic E-state index is 0.0299. The number of primary amides is 1. The summed E-state index contributed by atoms with van der Waals surface area (Å²) in [6, 6.07) is 13.4. The van der Waals surface area contributed by atoms with Gasteiger partial charge in [0.15, 0.2) is 0 Å². The Morgan fingerprint density at radius 3 is 2.54 bits per heavy atom. The fourth-order valence-electron chi connectivity index (χ4n) is 4.01. The summed E-state index contributed by atoms with van der Waals surface area (Å²) in [4.78, 5) is 21.3. The van der Waals surface area contributed by atoms with Crippen molar-refractivity contribution in [3.63, 3.8) is 0 Å². The van der Waals surface area contributed by atoms with Crippen molar-refractivity contribution in [1.82, 2.24) is 14.8 Å². The molecule has 0 atom stereocenters. The van der Waals surface area contributed by atoms with E-state index in [2.05, 4.69) is 22.2 Å². The molecule has 35 heavy (non-hydrogen) atoms. The van der Waals surface area contributed by atoms with E-state index in [1.165, 1.54) is 0 Å². The van der Waals surface area contributed by atoms with Crippen LogP contribution in [0.15, 0.2) is 47.8 Å². The Hall–Kier alpha value is -2.94. The number of hydrogen-bond donors (Lipinski definition) is 1. The molecular weight excluding hydrogens is 460 g/mol. The minimum atomic E-state index is -0.451. The number of ether oxygens (including phenoxy) is 2. The predicted molar refractivity (Wildman–Crippen MR) is 141 cm³/mol. The summed E-state index contributed by atoms with van der Waals surface area (Å²) in [6.45, 7) is 10.0. The first kappa shape index (κ1) is 25.2. The Bertz CT molecular complexity index is 1120. The van der Waals surface area contributed by atoms with E-state index >= 15 is 0 Å². The summed E-state index contributed by atoms with van der Waals surface area (Å²) in [5, 5.41) is 3.00. The summed E-state index contributed by atoms with van der Waals surface area (Å²) < 4.78 is 11.9. The maximum Gasteiger partial charge on any atom is 0.248 e. The largest absolute Gasteiger partial charge is 0.492 e. The smallest absolute Gasteiger partial charge is 0.248 e. The molecule has 0 saturated carbocycles. The molecule has 8 heteroatoms. The highest BCUT2D eigenvalue weighted by Crippen LogP contribution is 2.29. The van der Waals surface area contributed by atoms with Gasteiger partial charge in [-0.3, -0.25) is 9.69 Å². The van der Waals surface area contributed by atoms with Crippen LogP contribution in [0.25, 0.3) is 11.3 Å². The third-order valence-electron chi connectivity index (χ3n) is 6.02. The second kappa shape index (κ2) is 11.7. The van der Waals surface area contributed by atoms with Crippen LogP contribution in [0.3, 0.4) is 0 Å². The second-order valence-corrected chi connectivity index (χ2v) is 10.1. The van der Waals surface area contributed by atoms with Crippen LogP contribution in [-0.2, 0) is 6.42 Å². The highest BCUT2D eigenvalue weighted by atomic mass is 32.1. The number of rotatable bonds is 10. The van der Waals surface area contributed by atoms with Crippen molar-refractivity contribution < 1.29 is 14.3 Å². The third-order valence-corrected chi connectivity index (χ3v) is 6.87. The van der Waals surface area contributed by atoms with Gasteiger partial charge in [0.25, 0.3) is 0 Å². The van der Waals surface area contributed by atoms with Gasteiger partial charge in [0, 0.05) is 61.2 Å². The molecular formula is C27H34N4O3S.